The summed E-state index contributed by atoms with van der Waals surface area (Å²) in [7, 11) is 3.40. The second kappa shape index (κ2) is 21.1. The molecule has 4 nitrogen and oxygen atoms in total. The molecule has 1 aliphatic heterocycles. The molecule has 0 aliphatic carbocycles. The number of ether oxygens (including phenoxy) is 2. The van der Waals surface area contributed by atoms with Gasteiger partial charge in [0.25, 0.3) is 0 Å². The molecule has 252 valence electrons. The van der Waals surface area contributed by atoms with Crippen molar-refractivity contribution >= 4 is 11.6 Å². The minimum atomic E-state index is 0. The van der Waals surface area contributed by atoms with Crippen LogP contribution in [0.3, 0.4) is 0 Å². The molecule has 48 heavy (non-hydrogen) atoms. The van der Waals surface area contributed by atoms with Crippen LogP contribution in [0.4, 0.5) is 0 Å². The van der Waals surface area contributed by atoms with Crippen molar-refractivity contribution in [3.63, 3.8) is 0 Å². The van der Waals surface area contributed by atoms with Crippen LogP contribution in [0, 0.1) is 6.92 Å². The largest absolute Gasteiger partial charge is 1.00 e. The molecule has 4 aromatic carbocycles. The normalized spacial score (nSPS) is 13.8. The SMILES string of the molecule is COc1ccccc1CC1C=C(C)CCN1Cc1ccccc1.COc1ccccc1CCl.Cc1cc[n+](Cc2ccccc2)cc1.[Br-]. The zero-order valence-electron chi connectivity index (χ0n) is 28.6. The van der Waals surface area contributed by atoms with Gasteiger partial charge in [-0.05, 0) is 55.5 Å². The van der Waals surface area contributed by atoms with E-state index in [1.54, 1.807) is 14.2 Å². The van der Waals surface area contributed by atoms with Gasteiger partial charge in [0.15, 0.2) is 18.9 Å². The van der Waals surface area contributed by atoms with Crippen LogP contribution in [0.1, 0.15) is 41.2 Å². The lowest BCUT2D eigenvalue weighted by molar-refractivity contribution is -0.688. The van der Waals surface area contributed by atoms with E-state index in [0.717, 1.165) is 49.5 Å². The molecule has 6 heteroatoms. The number of aromatic nitrogens is 1. The van der Waals surface area contributed by atoms with E-state index in [4.69, 9.17) is 21.1 Å². The van der Waals surface area contributed by atoms with Crippen LogP contribution >= 0.6 is 11.6 Å². The van der Waals surface area contributed by atoms with Crippen molar-refractivity contribution in [1.82, 2.24) is 4.90 Å². The van der Waals surface area contributed by atoms with E-state index in [1.165, 1.54) is 27.8 Å². The molecule has 0 saturated heterocycles. The number of pyridine rings is 1. The number of para-hydroxylation sites is 2. The summed E-state index contributed by atoms with van der Waals surface area (Å²) in [5.74, 6) is 2.35. The van der Waals surface area contributed by atoms with E-state index < -0.39 is 0 Å². The number of rotatable bonds is 9. The van der Waals surface area contributed by atoms with Gasteiger partial charge in [-0.25, -0.2) is 4.57 Å². The van der Waals surface area contributed by atoms with Crippen molar-refractivity contribution < 1.29 is 31.0 Å². The Bertz CT molecular complexity index is 1620. The van der Waals surface area contributed by atoms with Crippen LogP contribution in [0.15, 0.2) is 145 Å². The lowest BCUT2D eigenvalue weighted by Crippen LogP contribution is -3.00. The van der Waals surface area contributed by atoms with Crippen molar-refractivity contribution in [2.24, 2.45) is 0 Å². The fraction of sp³-hybridized carbons (Fsp3) is 0.262. The number of aryl methyl sites for hydroxylation is 1. The second-order valence-corrected chi connectivity index (χ2v) is 12.0. The quantitative estimate of drug-likeness (QED) is 0.102. The van der Waals surface area contributed by atoms with E-state index >= 15 is 0 Å². The Kier molecular flexibility index (Phi) is 17.0. The van der Waals surface area contributed by atoms with Gasteiger partial charge in [-0.3, -0.25) is 4.90 Å². The van der Waals surface area contributed by atoms with Crippen molar-refractivity contribution in [3.8, 4) is 11.5 Å². The summed E-state index contributed by atoms with van der Waals surface area (Å²) in [6.45, 7) is 7.42. The maximum Gasteiger partial charge on any atom is 0.173 e. The van der Waals surface area contributed by atoms with E-state index in [0.29, 0.717) is 11.9 Å². The predicted molar refractivity (Wildman–Crippen MR) is 195 cm³/mol. The molecular formula is C42H48BrClN2O2. The average Bonchev–Trinajstić information content (AvgIpc) is 3.12. The third-order valence-corrected chi connectivity index (χ3v) is 8.48. The number of hydrogen-bond donors (Lipinski definition) is 0. The molecule has 0 fully saturated rings. The van der Waals surface area contributed by atoms with Gasteiger partial charge >= 0.3 is 0 Å². The molecule has 0 spiro atoms. The first-order valence-electron chi connectivity index (χ1n) is 16.2. The molecule has 1 aromatic heterocycles. The number of hydrogen-bond acceptors (Lipinski definition) is 3. The number of alkyl halides is 1. The van der Waals surface area contributed by atoms with Crippen LogP contribution in [0.2, 0.25) is 0 Å². The van der Waals surface area contributed by atoms with Crippen molar-refractivity contribution in [2.45, 2.75) is 51.7 Å². The maximum atomic E-state index is 5.63. The topological polar surface area (TPSA) is 25.6 Å². The van der Waals surface area contributed by atoms with Gasteiger partial charge in [0.1, 0.15) is 11.5 Å². The molecule has 1 aliphatic rings. The summed E-state index contributed by atoms with van der Waals surface area (Å²) in [5, 5.41) is 0. The molecule has 2 heterocycles. The first-order valence-corrected chi connectivity index (χ1v) is 16.8. The van der Waals surface area contributed by atoms with Crippen LogP contribution in [-0.4, -0.2) is 31.7 Å². The average molecular weight is 728 g/mol. The predicted octanol–water partition coefficient (Wildman–Crippen LogP) is 6.23. The Morgan fingerprint density at radius 2 is 1.21 bits per heavy atom. The lowest BCUT2D eigenvalue weighted by atomic mass is 9.96. The Hall–Kier alpha value is -3.90. The summed E-state index contributed by atoms with van der Waals surface area (Å²) < 4.78 is 12.8. The van der Waals surface area contributed by atoms with Crippen LogP contribution in [0.25, 0.3) is 0 Å². The molecule has 0 saturated carbocycles. The highest BCUT2D eigenvalue weighted by molar-refractivity contribution is 6.17. The summed E-state index contributed by atoms with van der Waals surface area (Å²) in [6.07, 6.45) is 8.81. The van der Waals surface area contributed by atoms with Crippen molar-refractivity contribution in [1.29, 1.82) is 0 Å². The van der Waals surface area contributed by atoms with Gasteiger partial charge in [0.2, 0.25) is 0 Å². The van der Waals surface area contributed by atoms with E-state index in [1.807, 2.05) is 36.4 Å². The minimum Gasteiger partial charge on any atom is -1.00 e. The van der Waals surface area contributed by atoms with Gasteiger partial charge in [0.05, 0.1) is 20.1 Å². The first kappa shape index (κ1) is 38.5. The van der Waals surface area contributed by atoms with Gasteiger partial charge in [-0.2, -0.15) is 0 Å². The van der Waals surface area contributed by atoms with Crippen LogP contribution < -0.4 is 31.0 Å². The Labute approximate surface area is 303 Å². The summed E-state index contributed by atoms with van der Waals surface area (Å²) in [4.78, 5) is 2.58. The minimum absolute atomic E-state index is 0. The van der Waals surface area contributed by atoms with Crippen molar-refractivity contribution in [2.75, 3.05) is 20.8 Å². The summed E-state index contributed by atoms with van der Waals surface area (Å²) in [6, 6.07) is 42.0. The lowest BCUT2D eigenvalue weighted by Gasteiger charge is -2.34. The van der Waals surface area contributed by atoms with Gasteiger partial charge in [-0.1, -0.05) is 109 Å². The fourth-order valence-corrected chi connectivity index (χ4v) is 5.77. The Balaban J connectivity index is 0.000000213. The fourth-order valence-electron chi connectivity index (χ4n) is 5.55. The first-order chi connectivity index (χ1) is 23.0. The third kappa shape index (κ3) is 12.6. The molecule has 5 aromatic rings. The number of benzene rings is 4. The number of nitrogens with zero attached hydrogens (tertiary/aromatic N) is 2. The standard InChI is InChI=1S/C21H25NO.C13H14N.C8H9ClO.BrH/c1-17-12-13-22(16-18-8-4-3-5-9-18)20(14-17)15-19-10-6-7-11-21(19)23-2;1-12-7-9-14(10-8-12)11-13-5-3-2-4-6-13;1-10-8-5-3-2-4-7(8)6-9;/h3-11,14,20H,12-13,15-16H2,1-2H3;2-10H,11H2,1H3;2-5H,6H2,1H3;1H/q;+1;;/p-1. The highest BCUT2D eigenvalue weighted by atomic mass is 79.9. The Morgan fingerprint density at radius 1 is 0.688 bits per heavy atom. The maximum absolute atomic E-state index is 5.63. The Morgan fingerprint density at radius 3 is 1.77 bits per heavy atom. The number of methoxy groups -OCH3 is 2. The monoisotopic (exact) mass is 726 g/mol. The molecule has 0 radical (unpaired) electrons. The smallest absolute Gasteiger partial charge is 0.173 e. The van der Waals surface area contributed by atoms with Gasteiger partial charge in [0, 0.05) is 42.4 Å². The summed E-state index contributed by atoms with van der Waals surface area (Å²) >= 11 is 5.63. The zero-order valence-corrected chi connectivity index (χ0v) is 30.9. The van der Waals surface area contributed by atoms with E-state index in [2.05, 4.69) is 127 Å². The van der Waals surface area contributed by atoms with Crippen LogP contribution in [0.5, 0.6) is 11.5 Å². The molecule has 1 atom stereocenters. The second-order valence-electron chi connectivity index (χ2n) is 11.8. The van der Waals surface area contributed by atoms with Gasteiger partial charge < -0.3 is 26.5 Å². The molecular weight excluding hydrogens is 680 g/mol. The van der Waals surface area contributed by atoms with Crippen LogP contribution in [-0.2, 0) is 25.4 Å². The number of halogens is 2. The molecule has 6 rings (SSSR count). The molecule has 0 bridgehead atoms. The third-order valence-electron chi connectivity index (χ3n) is 8.19. The molecule has 0 amide bonds. The van der Waals surface area contributed by atoms with Gasteiger partial charge in [-0.15, -0.1) is 11.6 Å². The summed E-state index contributed by atoms with van der Waals surface area (Å²) in [5.41, 5.74) is 7.83. The highest BCUT2D eigenvalue weighted by Crippen LogP contribution is 2.26. The zero-order chi connectivity index (χ0) is 33.3. The molecule has 1 unspecified atom stereocenters. The van der Waals surface area contributed by atoms with E-state index in [9.17, 15) is 0 Å². The van der Waals surface area contributed by atoms with Crippen molar-refractivity contribution in [3.05, 3.63) is 173 Å². The highest BCUT2D eigenvalue weighted by Gasteiger charge is 2.22. The van der Waals surface area contributed by atoms with E-state index in [-0.39, 0.29) is 17.0 Å². The molecule has 0 N–H and O–H groups in total.